The molecule has 1 fully saturated rings. The normalized spacial score (nSPS) is 18.9. The Kier molecular flexibility index (Phi) is 10.9. The van der Waals surface area contributed by atoms with Crippen molar-refractivity contribution in [3.63, 3.8) is 0 Å². The van der Waals surface area contributed by atoms with E-state index in [1.165, 1.54) is 12.1 Å². The summed E-state index contributed by atoms with van der Waals surface area (Å²) in [5.41, 5.74) is -0.816. The van der Waals surface area contributed by atoms with Gasteiger partial charge in [-0.2, -0.15) is 0 Å². The monoisotopic (exact) mass is 560 g/mol. The van der Waals surface area contributed by atoms with Gasteiger partial charge in [0.1, 0.15) is 17.5 Å². The molecule has 0 aliphatic carbocycles. The summed E-state index contributed by atoms with van der Waals surface area (Å²) in [6, 6.07) is 9.86. The maximum atomic E-state index is 13.2. The molecular weight excluding hydrogens is 530 g/mol. The average Bonchev–Trinajstić information content (AvgIpc) is 2.82. The number of rotatable bonds is 11. The molecule has 0 aromatic heterocycles. The summed E-state index contributed by atoms with van der Waals surface area (Å²) >= 11 is 15.8. The van der Waals surface area contributed by atoms with Crippen molar-refractivity contribution in [2.24, 2.45) is 0 Å². The van der Waals surface area contributed by atoms with Crippen molar-refractivity contribution >= 4 is 52.8 Å². The topological polar surface area (TPSA) is 50.8 Å². The highest BCUT2D eigenvalue weighted by Gasteiger charge is 2.36. The van der Waals surface area contributed by atoms with E-state index in [0.717, 1.165) is 42.7 Å². The Bertz CT molecular complexity index is 966. The van der Waals surface area contributed by atoms with Crippen LogP contribution in [0.2, 0.25) is 10.0 Å². The highest BCUT2D eigenvalue weighted by molar-refractivity contribution is 7.99. The van der Waals surface area contributed by atoms with E-state index < -0.39 is 5.60 Å². The Morgan fingerprint density at radius 2 is 1.89 bits per heavy atom. The van der Waals surface area contributed by atoms with Crippen LogP contribution in [0.3, 0.4) is 0 Å². The third-order valence-corrected chi connectivity index (χ3v) is 8.08. The Balaban J connectivity index is 1.64. The number of thioether (sulfide) groups is 1. The summed E-state index contributed by atoms with van der Waals surface area (Å²) in [4.78, 5) is 16.4. The fraction of sp³-hybridized carbons (Fsp3) is 0.480. The van der Waals surface area contributed by atoms with Crippen LogP contribution in [0, 0.1) is 5.82 Å². The smallest absolute Gasteiger partial charge is 0.262 e. The predicted octanol–water partition coefficient (Wildman–Crippen LogP) is 6.71. The van der Waals surface area contributed by atoms with E-state index in [2.05, 4.69) is 9.62 Å². The number of hydrogen-bond donors (Lipinski definition) is 1. The molecule has 1 amide bonds. The van der Waals surface area contributed by atoms with Crippen molar-refractivity contribution in [3.8, 4) is 5.75 Å². The van der Waals surface area contributed by atoms with Gasteiger partial charge in [0.2, 0.25) is 0 Å². The van der Waals surface area contributed by atoms with Gasteiger partial charge in [-0.15, -0.1) is 11.8 Å². The number of halogens is 3. The second-order valence-corrected chi connectivity index (χ2v) is 11.7. The first-order valence-corrected chi connectivity index (χ1v) is 14.0. The van der Waals surface area contributed by atoms with Crippen LogP contribution in [0.15, 0.2) is 46.2 Å². The van der Waals surface area contributed by atoms with E-state index in [1.807, 2.05) is 21.0 Å². The minimum atomic E-state index is -0.816. The number of amides is 1. The molecule has 192 valence electrons. The van der Waals surface area contributed by atoms with Crippen LogP contribution in [0.25, 0.3) is 0 Å². The Morgan fingerprint density at radius 3 is 2.49 bits per heavy atom. The molecule has 0 radical (unpaired) electrons. The molecule has 2 atom stereocenters. The lowest BCUT2D eigenvalue weighted by Crippen LogP contribution is -2.46. The van der Waals surface area contributed by atoms with Gasteiger partial charge >= 0.3 is 0 Å². The van der Waals surface area contributed by atoms with Gasteiger partial charge < -0.3 is 14.4 Å². The fourth-order valence-electron chi connectivity index (χ4n) is 3.50. The van der Waals surface area contributed by atoms with Crippen LogP contribution >= 0.6 is 46.9 Å². The summed E-state index contributed by atoms with van der Waals surface area (Å²) in [5, 5.41) is 0.743. The lowest BCUT2D eigenvalue weighted by atomic mass is 9.95. The molecule has 0 saturated carbocycles. The quantitative estimate of drug-likeness (QED) is 0.243. The number of nitrogens with zero attached hydrogens (tertiary/aromatic N) is 1. The Morgan fingerprint density at radius 1 is 1.20 bits per heavy atom. The molecule has 2 aromatic rings. The number of ether oxygens (including phenoxy) is 2. The first kappa shape index (κ1) is 28.4. The van der Waals surface area contributed by atoms with Gasteiger partial charge in [0.25, 0.3) is 5.91 Å². The molecule has 2 unspecified atom stereocenters. The third kappa shape index (κ3) is 8.72. The molecule has 1 saturated heterocycles. The largest absolute Gasteiger partial charge is 0.486 e. The van der Waals surface area contributed by atoms with E-state index >= 15 is 0 Å². The average molecular weight is 562 g/mol. The minimum Gasteiger partial charge on any atom is -0.486 e. The summed E-state index contributed by atoms with van der Waals surface area (Å²) in [6.45, 7) is 3.23. The van der Waals surface area contributed by atoms with Gasteiger partial charge in [0.05, 0.1) is 10.0 Å². The van der Waals surface area contributed by atoms with Gasteiger partial charge in [-0.05, 0) is 95.0 Å². The van der Waals surface area contributed by atoms with Crippen LogP contribution in [-0.2, 0) is 9.53 Å². The van der Waals surface area contributed by atoms with Gasteiger partial charge in [0, 0.05) is 28.7 Å². The minimum absolute atomic E-state index is 0.163. The third-order valence-electron chi connectivity index (χ3n) is 5.61. The van der Waals surface area contributed by atoms with Crippen LogP contribution in [0.1, 0.15) is 32.6 Å². The molecule has 1 aliphatic rings. The van der Waals surface area contributed by atoms with Gasteiger partial charge in [0.15, 0.2) is 5.75 Å². The molecule has 35 heavy (non-hydrogen) atoms. The zero-order chi connectivity index (χ0) is 25.4. The lowest BCUT2D eigenvalue weighted by molar-refractivity contribution is -0.148. The van der Waals surface area contributed by atoms with E-state index in [4.69, 9.17) is 32.7 Å². The SMILES string of the molecule is CN(C)CCC(CSc1ccc(F)cc1)Oc1c(Cl)cc(SNC(=O)C2(C)CCCCO2)cc1Cl. The number of carbonyl (C=O) groups is 1. The second-order valence-electron chi connectivity index (χ2n) is 8.88. The predicted molar refractivity (Wildman–Crippen MR) is 143 cm³/mol. The molecule has 1 aliphatic heterocycles. The van der Waals surface area contributed by atoms with Crippen molar-refractivity contribution in [3.05, 3.63) is 52.3 Å². The Hall–Kier alpha value is -1.16. The van der Waals surface area contributed by atoms with E-state index in [9.17, 15) is 9.18 Å². The number of benzene rings is 2. The first-order valence-electron chi connectivity index (χ1n) is 11.5. The summed E-state index contributed by atoms with van der Waals surface area (Å²) < 4.78 is 28.0. The first-order chi connectivity index (χ1) is 16.7. The fourth-order valence-corrected chi connectivity index (χ4v) is 5.93. The maximum absolute atomic E-state index is 13.2. The van der Waals surface area contributed by atoms with Crippen molar-refractivity contribution < 1.29 is 18.7 Å². The maximum Gasteiger partial charge on any atom is 0.262 e. The van der Waals surface area contributed by atoms with Crippen molar-refractivity contribution in [1.82, 2.24) is 9.62 Å². The van der Waals surface area contributed by atoms with Gasteiger partial charge in [-0.25, -0.2) is 4.39 Å². The number of carbonyl (C=O) groups excluding carboxylic acids is 1. The van der Waals surface area contributed by atoms with Crippen LogP contribution in [-0.4, -0.2) is 55.5 Å². The molecule has 1 heterocycles. The number of nitrogens with one attached hydrogen (secondary N) is 1. The molecule has 1 N–H and O–H groups in total. The lowest BCUT2D eigenvalue weighted by Gasteiger charge is -2.32. The highest BCUT2D eigenvalue weighted by Crippen LogP contribution is 2.38. The van der Waals surface area contributed by atoms with Crippen LogP contribution < -0.4 is 9.46 Å². The van der Waals surface area contributed by atoms with Gasteiger partial charge in [-0.3, -0.25) is 9.52 Å². The van der Waals surface area contributed by atoms with E-state index in [0.29, 0.717) is 39.5 Å². The molecular formula is C25H31Cl2FN2O3S2. The molecule has 0 spiro atoms. The van der Waals surface area contributed by atoms with Crippen LogP contribution in [0.4, 0.5) is 4.39 Å². The van der Waals surface area contributed by atoms with E-state index in [1.54, 1.807) is 36.0 Å². The van der Waals surface area contributed by atoms with Crippen molar-refractivity contribution in [1.29, 1.82) is 0 Å². The zero-order valence-corrected chi connectivity index (χ0v) is 23.3. The summed E-state index contributed by atoms with van der Waals surface area (Å²) in [6.07, 6.45) is 3.23. The molecule has 3 rings (SSSR count). The van der Waals surface area contributed by atoms with E-state index in [-0.39, 0.29) is 17.8 Å². The van der Waals surface area contributed by atoms with Crippen molar-refractivity contribution in [2.75, 3.05) is 33.0 Å². The number of hydrogen-bond acceptors (Lipinski definition) is 6. The Labute approximate surface area is 225 Å². The molecule has 0 bridgehead atoms. The zero-order valence-electron chi connectivity index (χ0n) is 20.1. The summed E-state index contributed by atoms with van der Waals surface area (Å²) in [5.74, 6) is 0.631. The van der Waals surface area contributed by atoms with Crippen molar-refractivity contribution in [2.45, 2.75) is 54.1 Å². The standard InChI is InChI=1S/C25H31Cl2FN2O3S2/c1-25(11-4-5-13-32-25)24(31)29-35-20-14-21(26)23(22(27)15-20)33-18(10-12-30(2)3)16-34-19-8-6-17(28)7-9-19/h6-9,14-15,18H,4-5,10-13,16H2,1-3H3,(H,29,31). The molecule has 5 nitrogen and oxygen atoms in total. The second kappa shape index (κ2) is 13.4. The molecule has 2 aromatic carbocycles. The highest BCUT2D eigenvalue weighted by atomic mass is 35.5. The van der Waals surface area contributed by atoms with Gasteiger partial charge in [-0.1, -0.05) is 23.2 Å². The van der Waals surface area contributed by atoms with Crippen LogP contribution in [0.5, 0.6) is 5.75 Å². The molecule has 10 heteroatoms. The summed E-state index contributed by atoms with van der Waals surface area (Å²) in [7, 11) is 4.01.